The van der Waals surface area contributed by atoms with Gasteiger partial charge in [-0.3, -0.25) is 4.79 Å². The van der Waals surface area contributed by atoms with Crippen molar-refractivity contribution in [3.05, 3.63) is 78.4 Å². The lowest BCUT2D eigenvalue weighted by atomic mass is 10.1. The summed E-state index contributed by atoms with van der Waals surface area (Å²) in [6, 6.07) is 18.1. The molecule has 0 bridgehead atoms. The Kier molecular flexibility index (Phi) is 4.31. The number of carbonyl (C=O) groups is 1. The third-order valence-electron chi connectivity index (χ3n) is 2.89. The molecule has 0 aromatic heterocycles. The van der Waals surface area contributed by atoms with Crippen LogP contribution in [0.1, 0.15) is 15.9 Å². The van der Waals surface area contributed by atoms with E-state index in [9.17, 15) is 4.79 Å². The molecule has 0 aliphatic rings. The van der Waals surface area contributed by atoms with E-state index in [-0.39, 0.29) is 5.91 Å². The number of amides is 1. The molecule has 98 valence electrons. The van der Waals surface area contributed by atoms with Crippen LogP contribution in [-0.4, -0.2) is 12.5 Å². The standard InChI is InChI=1S/C17H14N2O/c1-2-12-19(16-6-4-3-5-7-16)17(20)15-10-8-14(13-18)9-11-15/h2-11H,1,12H2. The molecular weight excluding hydrogens is 248 g/mol. The highest BCUT2D eigenvalue weighted by molar-refractivity contribution is 6.06. The minimum absolute atomic E-state index is 0.111. The van der Waals surface area contributed by atoms with Crippen molar-refractivity contribution in [1.82, 2.24) is 0 Å². The molecule has 0 N–H and O–H groups in total. The topological polar surface area (TPSA) is 44.1 Å². The molecular formula is C17H14N2O. The second kappa shape index (κ2) is 6.35. The second-order valence-electron chi connectivity index (χ2n) is 4.23. The summed E-state index contributed by atoms with van der Waals surface area (Å²) >= 11 is 0. The molecule has 1 amide bonds. The van der Waals surface area contributed by atoms with Crippen molar-refractivity contribution in [1.29, 1.82) is 5.26 Å². The van der Waals surface area contributed by atoms with Gasteiger partial charge in [-0.15, -0.1) is 6.58 Å². The number of nitrogens with zero attached hydrogens (tertiary/aromatic N) is 2. The molecule has 0 aliphatic heterocycles. The molecule has 0 saturated carbocycles. The highest BCUT2D eigenvalue weighted by Crippen LogP contribution is 2.17. The first-order valence-electron chi connectivity index (χ1n) is 6.24. The van der Waals surface area contributed by atoms with Crippen molar-refractivity contribution in [3.8, 4) is 6.07 Å². The molecule has 0 heterocycles. The summed E-state index contributed by atoms with van der Waals surface area (Å²) in [5.74, 6) is -0.111. The molecule has 0 atom stereocenters. The SMILES string of the molecule is C=CCN(C(=O)c1ccc(C#N)cc1)c1ccccc1. The summed E-state index contributed by atoms with van der Waals surface area (Å²) in [4.78, 5) is 14.2. The fraction of sp³-hybridized carbons (Fsp3) is 0.0588. The number of carbonyl (C=O) groups excluding carboxylic acids is 1. The molecule has 0 unspecified atom stereocenters. The summed E-state index contributed by atoms with van der Waals surface area (Å²) < 4.78 is 0. The average Bonchev–Trinajstić information content (AvgIpc) is 2.53. The molecule has 0 spiro atoms. The maximum absolute atomic E-state index is 12.5. The Hall–Kier alpha value is -2.86. The number of hydrogen-bond donors (Lipinski definition) is 0. The van der Waals surface area contributed by atoms with Crippen LogP contribution in [0.5, 0.6) is 0 Å². The maximum atomic E-state index is 12.5. The molecule has 0 fully saturated rings. The molecule has 3 nitrogen and oxygen atoms in total. The van der Waals surface area contributed by atoms with Gasteiger partial charge in [-0.2, -0.15) is 5.26 Å². The largest absolute Gasteiger partial charge is 0.305 e. The number of anilines is 1. The van der Waals surface area contributed by atoms with E-state index < -0.39 is 0 Å². The van der Waals surface area contributed by atoms with Crippen LogP contribution in [-0.2, 0) is 0 Å². The van der Waals surface area contributed by atoms with Crippen molar-refractivity contribution < 1.29 is 4.79 Å². The van der Waals surface area contributed by atoms with Crippen LogP contribution < -0.4 is 4.90 Å². The first-order chi connectivity index (χ1) is 9.76. The molecule has 0 radical (unpaired) electrons. The summed E-state index contributed by atoms with van der Waals surface area (Å²) in [7, 11) is 0. The van der Waals surface area contributed by atoms with Gasteiger partial charge in [-0.25, -0.2) is 0 Å². The Labute approximate surface area is 118 Å². The zero-order chi connectivity index (χ0) is 14.4. The van der Waals surface area contributed by atoms with E-state index in [0.717, 1.165) is 5.69 Å². The zero-order valence-corrected chi connectivity index (χ0v) is 11.0. The first kappa shape index (κ1) is 13.6. The van der Waals surface area contributed by atoms with Crippen LogP contribution >= 0.6 is 0 Å². The first-order valence-corrected chi connectivity index (χ1v) is 6.24. The van der Waals surface area contributed by atoms with E-state index in [2.05, 4.69) is 6.58 Å². The molecule has 2 rings (SSSR count). The van der Waals surface area contributed by atoms with Crippen LogP contribution in [0, 0.1) is 11.3 Å². The lowest BCUT2D eigenvalue weighted by Gasteiger charge is -2.21. The summed E-state index contributed by atoms with van der Waals surface area (Å²) in [5.41, 5.74) is 1.91. The molecule has 3 heteroatoms. The van der Waals surface area contributed by atoms with Gasteiger partial charge in [-0.1, -0.05) is 24.3 Å². The van der Waals surface area contributed by atoms with E-state index in [4.69, 9.17) is 5.26 Å². The molecule has 0 aliphatic carbocycles. The Morgan fingerprint density at radius 1 is 1.15 bits per heavy atom. The fourth-order valence-electron chi connectivity index (χ4n) is 1.89. The molecule has 0 saturated heterocycles. The number of para-hydroxylation sites is 1. The Balaban J connectivity index is 2.31. The number of hydrogen-bond acceptors (Lipinski definition) is 2. The number of nitriles is 1. The predicted molar refractivity (Wildman–Crippen MR) is 79.5 cm³/mol. The third kappa shape index (κ3) is 2.93. The van der Waals surface area contributed by atoms with E-state index in [1.165, 1.54) is 0 Å². The van der Waals surface area contributed by atoms with Gasteiger partial charge in [0.2, 0.25) is 0 Å². The van der Waals surface area contributed by atoms with Gasteiger partial charge in [-0.05, 0) is 36.4 Å². The monoisotopic (exact) mass is 262 g/mol. The summed E-state index contributed by atoms with van der Waals surface area (Å²) in [6.45, 7) is 4.13. The van der Waals surface area contributed by atoms with Gasteiger partial charge in [0, 0.05) is 17.8 Å². The minimum Gasteiger partial charge on any atom is -0.305 e. The van der Waals surface area contributed by atoms with Gasteiger partial charge in [0.15, 0.2) is 0 Å². The maximum Gasteiger partial charge on any atom is 0.258 e. The van der Waals surface area contributed by atoms with Crippen LogP contribution in [0.3, 0.4) is 0 Å². The van der Waals surface area contributed by atoms with E-state index >= 15 is 0 Å². The van der Waals surface area contributed by atoms with Crippen molar-refractivity contribution in [2.45, 2.75) is 0 Å². The minimum atomic E-state index is -0.111. The van der Waals surface area contributed by atoms with Crippen LogP contribution in [0.15, 0.2) is 67.3 Å². The molecule has 2 aromatic rings. The average molecular weight is 262 g/mol. The van der Waals surface area contributed by atoms with Gasteiger partial charge < -0.3 is 4.90 Å². The van der Waals surface area contributed by atoms with Gasteiger partial charge in [0.1, 0.15) is 0 Å². The van der Waals surface area contributed by atoms with Gasteiger partial charge in [0.25, 0.3) is 5.91 Å². The normalized spacial score (nSPS) is 9.55. The van der Waals surface area contributed by atoms with E-state index in [1.807, 2.05) is 36.4 Å². The highest BCUT2D eigenvalue weighted by Gasteiger charge is 2.16. The van der Waals surface area contributed by atoms with Crippen LogP contribution in [0.4, 0.5) is 5.69 Å². The Morgan fingerprint density at radius 3 is 2.35 bits per heavy atom. The van der Waals surface area contributed by atoms with Crippen molar-refractivity contribution in [2.75, 3.05) is 11.4 Å². The van der Waals surface area contributed by atoms with Crippen LogP contribution in [0.2, 0.25) is 0 Å². The van der Waals surface area contributed by atoms with E-state index in [0.29, 0.717) is 17.7 Å². The summed E-state index contributed by atoms with van der Waals surface area (Å²) in [5, 5.41) is 8.78. The quantitative estimate of drug-likeness (QED) is 0.793. The lowest BCUT2D eigenvalue weighted by molar-refractivity contribution is 0.0989. The lowest BCUT2D eigenvalue weighted by Crippen LogP contribution is -2.30. The third-order valence-corrected chi connectivity index (χ3v) is 2.89. The van der Waals surface area contributed by atoms with Gasteiger partial charge in [0.05, 0.1) is 11.6 Å². The number of benzene rings is 2. The smallest absolute Gasteiger partial charge is 0.258 e. The van der Waals surface area contributed by atoms with Gasteiger partial charge >= 0.3 is 0 Å². The second-order valence-corrected chi connectivity index (χ2v) is 4.23. The van der Waals surface area contributed by atoms with Crippen molar-refractivity contribution in [3.63, 3.8) is 0 Å². The Bertz CT molecular complexity index is 639. The molecule has 20 heavy (non-hydrogen) atoms. The predicted octanol–water partition coefficient (Wildman–Crippen LogP) is 3.39. The van der Waals surface area contributed by atoms with Crippen molar-refractivity contribution >= 4 is 11.6 Å². The van der Waals surface area contributed by atoms with E-state index in [1.54, 1.807) is 35.2 Å². The van der Waals surface area contributed by atoms with Crippen LogP contribution in [0.25, 0.3) is 0 Å². The summed E-state index contributed by atoms with van der Waals surface area (Å²) in [6.07, 6.45) is 1.69. The number of rotatable bonds is 4. The molecule has 2 aromatic carbocycles. The van der Waals surface area contributed by atoms with Crippen molar-refractivity contribution in [2.24, 2.45) is 0 Å². The zero-order valence-electron chi connectivity index (χ0n) is 11.0. The highest BCUT2D eigenvalue weighted by atomic mass is 16.2. The Morgan fingerprint density at radius 2 is 1.80 bits per heavy atom. The fourth-order valence-corrected chi connectivity index (χ4v) is 1.89.